The first-order chi connectivity index (χ1) is 6.91. The average molecular weight is 206 g/mol. The van der Waals surface area contributed by atoms with Crippen LogP contribution in [-0.4, -0.2) is 5.97 Å². The van der Waals surface area contributed by atoms with Crippen LogP contribution in [0, 0.1) is 16.7 Å². The molecule has 0 aromatic heterocycles. The zero-order valence-corrected chi connectivity index (χ0v) is 9.67. The van der Waals surface area contributed by atoms with Gasteiger partial charge in [-0.2, -0.15) is 0 Å². The number of carbonyl (C=O) groups excluding carboxylic acids is 1. The molecule has 15 heavy (non-hydrogen) atoms. The molecule has 2 heteroatoms. The van der Waals surface area contributed by atoms with Crippen LogP contribution >= 0.6 is 0 Å². The molecule has 0 aromatic rings. The zero-order chi connectivity index (χ0) is 11.3. The molecule has 82 valence electrons. The maximum absolute atomic E-state index is 11.2. The fraction of sp³-hybridized carbons (Fsp3) is 0.615. The van der Waals surface area contributed by atoms with E-state index >= 15 is 0 Å². The van der Waals surface area contributed by atoms with Crippen LogP contribution in [0.5, 0.6) is 0 Å². The van der Waals surface area contributed by atoms with Crippen molar-refractivity contribution in [3.8, 4) is 0 Å². The molecular weight excluding hydrogens is 188 g/mol. The summed E-state index contributed by atoms with van der Waals surface area (Å²) in [6, 6.07) is 0. The van der Waals surface area contributed by atoms with Gasteiger partial charge in [-0.1, -0.05) is 27.4 Å². The van der Waals surface area contributed by atoms with Gasteiger partial charge in [-0.05, 0) is 30.3 Å². The van der Waals surface area contributed by atoms with Crippen molar-refractivity contribution in [3.63, 3.8) is 0 Å². The van der Waals surface area contributed by atoms with Crippen LogP contribution in [0.2, 0.25) is 0 Å². The Morgan fingerprint density at radius 3 is 2.67 bits per heavy atom. The van der Waals surface area contributed by atoms with Crippen LogP contribution in [0.15, 0.2) is 24.5 Å². The molecule has 0 radical (unpaired) electrons. The van der Waals surface area contributed by atoms with Gasteiger partial charge < -0.3 is 4.74 Å². The van der Waals surface area contributed by atoms with Crippen LogP contribution in [0.25, 0.3) is 0 Å². The number of allylic oxidation sites excluding steroid dienone is 2. The molecule has 0 saturated heterocycles. The van der Waals surface area contributed by atoms with Gasteiger partial charge in [-0.15, -0.1) is 0 Å². The summed E-state index contributed by atoms with van der Waals surface area (Å²) < 4.78 is 5.34. The van der Waals surface area contributed by atoms with E-state index in [-0.39, 0.29) is 16.8 Å². The summed E-state index contributed by atoms with van der Waals surface area (Å²) >= 11 is 0. The molecule has 1 fully saturated rings. The minimum Gasteiger partial charge on any atom is -0.428 e. The second-order valence-corrected chi connectivity index (χ2v) is 5.36. The van der Waals surface area contributed by atoms with E-state index in [2.05, 4.69) is 33.4 Å². The maximum atomic E-state index is 11.2. The van der Waals surface area contributed by atoms with E-state index in [0.717, 1.165) is 12.2 Å². The SMILES string of the molecule is C=CC(=O)OC1=CC2CCC1(C)C2(C)C. The predicted octanol–water partition coefficient (Wildman–Crippen LogP) is 3.06. The third-order valence-corrected chi connectivity index (χ3v) is 4.58. The van der Waals surface area contributed by atoms with E-state index in [1.807, 2.05) is 0 Å². The van der Waals surface area contributed by atoms with Crippen LogP contribution in [-0.2, 0) is 9.53 Å². The summed E-state index contributed by atoms with van der Waals surface area (Å²) in [6.07, 6.45) is 5.67. The number of esters is 1. The van der Waals surface area contributed by atoms with Crippen molar-refractivity contribution in [2.45, 2.75) is 33.6 Å². The molecule has 2 nitrogen and oxygen atoms in total. The third-order valence-electron chi connectivity index (χ3n) is 4.58. The Balaban J connectivity index is 2.27. The second-order valence-electron chi connectivity index (χ2n) is 5.36. The standard InChI is InChI=1S/C13H18O2/c1-5-11(14)15-10-8-9-6-7-13(10,4)12(9,2)3/h5,8-9H,1,6-7H2,2-4H3. The molecule has 0 aromatic carbocycles. The Bertz CT molecular complexity index is 352. The predicted molar refractivity (Wildman–Crippen MR) is 59.0 cm³/mol. The summed E-state index contributed by atoms with van der Waals surface area (Å²) in [7, 11) is 0. The van der Waals surface area contributed by atoms with Crippen LogP contribution in [0.1, 0.15) is 33.6 Å². The highest BCUT2D eigenvalue weighted by molar-refractivity contribution is 5.82. The highest BCUT2D eigenvalue weighted by atomic mass is 16.5. The molecule has 2 bridgehead atoms. The van der Waals surface area contributed by atoms with Gasteiger partial charge in [0, 0.05) is 11.5 Å². The van der Waals surface area contributed by atoms with Gasteiger partial charge >= 0.3 is 5.97 Å². The summed E-state index contributed by atoms with van der Waals surface area (Å²) in [6.45, 7) is 10.1. The van der Waals surface area contributed by atoms with E-state index < -0.39 is 0 Å². The highest BCUT2D eigenvalue weighted by Gasteiger charge is 2.58. The largest absolute Gasteiger partial charge is 0.428 e. The molecule has 2 aliphatic carbocycles. The number of hydrogen-bond donors (Lipinski definition) is 0. The Morgan fingerprint density at radius 1 is 1.60 bits per heavy atom. The second kappa shape index (κ2) is 2.97. The van der Waals surface area contributed by atoms with Crippen molar-refractivity contribution >= 4 is 5.97 Å². The molecule has 1 saturated carbocycles. The molecule has 0 aliphatic heterocycles. The van der Waals surface area contributed by atoms with E-state index in [4.69, 9.17) is 4.74 Å². The Labute approximate surface area is 91.0 Å². The Kier molecular flexibility index (Phi) is 2.07. The van der Waals surface area contributed by atoms with Gasteiger partial charge in [-0.3, -0.25) is 0 Å². The topological polar surface area (TPSA) is 26.3 Å². The molecule has 0 N–H and O–H groups in total. The van der Waals surface area contributed by atoms with E-state index in [0.29, 0.717) is 5.92 Å². The van der Waals surface area contributed by atoms with Gasteiger partial charge in [0.2, 0.25) is 0 Å². The molecule has 2 rings (SSSR count). The number of fused-ring (bicyclic) bond motifs is 2. The lowest BCUT2D eigenvalue weighted by Crippen LogP contribution is -2.31. The first kappa shape index (κ1) is 10.5. The lowest BCUT2D eigenvalue weighted by molar-refractivity contribution is -0.136. The minimum absolute atomic E-state index is 0.0241. The number of carbonyl (C=O) groups is 1. The van der Waals surface area contributed by atoms with E-state index in [9.17, 15) is 4.79 Å². The third kappa shape index (κ3) is 1.20. The van der Waals surface area contributed by atoms with Crippen LogP contribution in [0.3, 0.4) is 0 Å². The smallest absolute Gasteiger partial charge is 0.335 e. The van der Waals surface area contributed by atoms with Crippen molar-refractivity contribution in [1.29, 1.82) is 0 Å². The van der Waals surface area contributed by atoms with Crippen molar-refractivity contribution in [2.75, 3.05) is 0 Å². The molecule has 0 amide bonds. The minimum atomic E-state index is -0.342. The fourth-order valence-corrected chi connectivity index (χ4v) is 2.93. The normalized spacial score (nSPS) is 36.2. The summed E-state index contributed by atoms with van der Waals surface area (Å²) in [4.78, 5) is 11.2. The monoisotopic (exact) mass is 206 g/mol. The number of rotatable bonds is 2. The summed E-state index contributed by atoms with van der Waals surface area (Å²) in [5.74, 6) is 1.06. The van der Waals surface area contributed by atoms with Gasteiger partial charge in [0.1, 0.15) is 5.76 Å². The zero-order valence-electron chi connectivity index (χ0n) is 9.67. The van der Waals surface area contributed by atoms with Gasteiger partial charge in [0.05, 0.1) is 0 Å². The van der Waals surface area contributed by atoms with Crippen LogP contribution < -0.4 is 0 Å². The highest BCUT2D eigenvalue weighted by Crippen LogP contribution is 2.65. The van der Waals surface area contributed by atoms with Gasteiger partial charge in [0.15, 0.2) is 0 Å². The van der Waals surface area contributed by atoms with E-state index in [1.54, 1.807) is 0 Å². The fourth-order valence-electron chi connectivity index (χ4n) is 2.93. The summed E-state index contributed by atoms with van der Waals surface area (Å²) in [5.41, 5.74) is 0.236. The average Bonchev–Trinajstić information content (AvgIpc) is 2.50. The summed E-state index contributed by atoms with van der Waals surface area (Å²) in [5, 5.41) is 0. The van der Waals surface area contributed by atoms with Crippen molar-refractivity contribution in [2.24, 2.45) is 16.7 Å². The van der Waals surface area contributed by atoms with Gasteiger partial charge in [-0.25, -0.2) is 4.79 Å². The van der Waals surface area contributed by atoms with Crippen molar-refractivity contribution in [3.05, 3.63) is 24.5 Å². The number of ether oxygens (including phenoxy) is 1. The lowest BCUT2D eigenvalue weighted by atomic mass is 9.70. The first-order valence-corrected chi connectivity index (χ1v) is 5.48. The Morgan fingerprint density at radius 2 is 2.27 bits per heavy atom. The van der Waals surface area contributed by atoms with Crippen molar-refractivity contribution < 1.29 is 9.53 Å². The maximum Gasteiger partial charge on any atom is 0.335 e. The molecule has 2 unspecified atom stereocenters. The first-order valence-electron chi connectivity index (χ1n) is 5.48. The molecular formula is C13H18O2. The molecule has 0 heterocycles. The Hall–Kier alpha value is -1.05. The molecule has 0 spiro atoms. The van der Waals surface area contributed by atoms with Crippen molar-refractivity contribution in [1.82, 2.24) is 0 Å². The number of hydrogen-bond acceptors (Lipinski definition) is 2. The van der Waals surface area contributed by atoms with Crippen LogP contribution in [0.4, 0.5) is 0 Å². The van der Waals surface area contributed by atoms with Gasteiger partial charge in [0.25, 0.3) is 0 Å². The molecule has 2 aliphatic rings. The molecule has 2 atom stereocenters. The lowest BCUT2D eigenvalue weighted by Gasteiger charge is -2.36. The quantitative estimate of drug-likeness (QED) is 0.512. The van der Waals surface area contributed by atoms with E-state index in [1.165, 1.54) is 12.5 Å².